The van der Waals surface area contributed by atoms with Crippen LogP contribution < -0.4 is 26.0 Å². The van der Waals surface area contributed by atoms with E-state index in [-0.39, 0.29) is 38.3 Å². The van der Waals surface area contributed by atoms with Crippen molar-refractivity contribution in [3.63, 3.8) is 0 Å². The summed E-state index contributed by atoms with van der Waals surface area (Å²) in [6, 6.07) is 10.3. The number of halogens is 3. The van der Waals surface area contributed by atoms with Crippen LogP contribution in [0.25, 0.3) is 0 Å². The maximum atomic E-state index is 15.1. The molecule has 1 unspecified atom stereocenters. The van der Waals surface area contributed by atoms with Crippen molar-refractivity contribution in [2.24, 2.45) is 11.8 Å². The molecule has 2 saturated heterocycles. The van der Waals surface area contributed by atoms with E-state index in [0.29, 0.717) is 63.7 Å². The number of carbonyl (C=O) groups is 4. The molecule has 2 aliphatic heterocycles. The molecule has 7 rings (SSSR count). The van der Waals surface area contributed by atoms with E-state index in [0.717, 1.165) is 56.6 Å². The first-order chi connectivity index (χ1) is 31.0. The van der Waals surface area contributed by atoms with Crippen molar-refractivity contribution in [1.29, 1.82) is 0 Å². The van der Waals surface area contributed by atoms with E-state index < -0.39 is 46.3 Å². The van der Waals surface area contributed by atoms with Gasteiger partial charge >= 0.3 is 0 Å². The van der Waals surface area contributed by atoms with Crippen LogP contribution in [0.4, 0.5) is 21.8 Å². The predicted octanol–water partition coefficient (Wildman–Crippen LogP) is 5.92. The highest BCUT2D eigenvalue weighted by Crippen LogP contribution is 2.42. The van der Waals surface area contributed by atoms with Gasteiger partial charge in [-0.1, -0.05) is 35.3 Å². The Labute approximate surface area is 394 Å². The van der Waals surface area contributed by atoms with Gasteiger partial charge in [-0.05, 0) is 106 Å². The Morgan fingerprint density at radius 2 is 1.71 bits per heavy atom. The number of rotatable bonds is 17. The molecule has 4 aliphatic rings. The zero-order chi connectivity index (χ0) is 46.5. The minimum absolute atomic E-state index is 0.0514. The average Bonchev–Trinajstić information content (AvgIpc) is 3.95. The number of aliphatic hydroxyl groups excluding tert-OH is 1. The van der Waals surface area contributed by atoms with E-state index in [4.69, 9.17) is 27.9 Å². The summed E-state index contributed by atoms with van der Waals surface area (Å²) in [7, 11) is 3.27. The Morgan fingerprint density at radius 1 is 1.02 bits per heavy atom. The quantitative estimate of drug-likeness (QED) is 0.108. The monoisotopic (exact) mass is 955 g/mol. The van der Waals surface area contributed by atoms with Gasteiger partial charge in [-0.3, -0.25) is 24.1 Å². The third kappa shape index (κ3) is 12.1. The number of aliphatic hydroxyl groups is 1. The number of hydrogen-bond acceptors (Lipinski definition) is 12. The Balaban J connectivity index is 0.882. The maximum Gasteiger partial charge on any atom is 0.258 e. The lowest BCUT2D eigenvalue weighted by atomic mass is 9.82. The van der Waals surface area contributed by atoms with Crippen LogP contribution in [-0.4, -0.2) is 141 Å². The van der Waals surface area contributed by atoms with Crippen LogP contribution >= 0.6 is 35.0 Å². The number of anilines is 3. The number of carbonyl (C=O) groups excluding carboxylic acids is 4. The Kier molecular flexibility index (Phi) is 15.7. The number of methoxy groups -OCH3 is 1. The summed E-state index contributed by atoms with van der Waals surface area (Å²) in [5.41, 5.74) is -0.0179. The van der Waals surface area contributed by atoms with E-state index in [1.807, 2.05) is 18.7 Å². The van der Waals surface area contributed by atoms with Gasteiger partial charge in [0.15, 0.2) is 5.67 Å². The molecule has 4 amide bonds. The molecule has 5 N–H and O–H groups in total. The first-order valence-electron chi connectivity index (χ1n) is 22.4. The molecule has 4 fully saturated rings. The number of aromatic nitrogens is 2. The molecule has 19 heteroatoms. The molecule has 3 heterocycles. The van der Waals surface area contributed by atoms with Crippen LogP contribution in [0.5, 0.6) is 5.75 Å². The molecule has 1 aromatic heterocycles. The van der Waals surface area contributed by atoms with Crippen LogP contribution in [0.3, 0.4) is 0 Å². The molecule has 2 aromatic carbocycles. The van der Waals surface area contributed by atoms with E-state index in [9.17, 15) is 24.3 Å². The number of benzene rings is 2. The number of nitrogens with zero attached hydrogens (tertiary/aromatic N) is 5. The second kappa shape index (κ2) is 21.0. The standard InChI is InChI=1S/C46H60Cl2FN9O6S/c1-45(2,38(54-43(63)46(49)15-16-46)42(62)58-26-33(59)22-36(58)40(60)51-23-28-9-12-32(47)13-10-28)65-27-30-7-5-29(6-8-30)25-56-17-19-57(20-18-56)41(61)31-11-14-35(37(21-31)64-4)53-44-52-24-34(48)39(50-3)55-44/h9-14,21,24,29-30,33,36,38,59H,5-8,15-20,22-23,25-27H2,1-4H3,(H,51,60)(H,54,63)(H2,50,52,53,55)/t29-,30+,33-,36?,38-/m1/s1. The van der Waals surface area contributed by atoms with Gasteiger partial charge in [-0.15, -0.1) is 0 Å². The van der Waals surface area contributed by atoms with Gasteiger partial charge in [-0.2, -0.15) is 16.7 Å². The number of hydrogen-bond donors (Lipinski definition) is 5. The molecule has 2 saturated carbocycles. The summed E-state index contributed by atoms with van der Waals surface area (Å²) < 4.78 is 19.8. The van der Waals surface area contributed by atoms with Gasteiger partial charge in [0, 0.05) is 74.6 Å². The Hall–Kier alpha value is -4.42. The van der Waals surface area contributed by atoms with Crippen molar-refractivity contribution in [2.75, 3.05) is 69.8 Å². The highest BCUT2D eigenvalue weighted by molar-refractivity contribution is 8.00. The summed E-state index contributed by atoms with van der Waals surface area (Å²) in [5.74, 6) is 1.21. The van der Waals surface area contributed by atoms with Crippen molar-refractivity contribution < 1.29 is 33.4 Å². The Bertz CT molecular complexity index is 2190. The molecule has 3 atom stereocenters. The SMILES string of the molecule is CNc1nc(Nc2ccc(C(=O)N3CCN(C[C@H]4CC[C@@H](CSC(C)(C)[C@H](NC(=O)C5(F)CC5)C(=O)N5C[C@H](O)CC5C(=O)NCc5ccc(Cl)cc5)CC4)CC3)cc2OC)ncc1Cl. The van der Waals surface area contributed by atoms with E-state index in [2.05, 4.69) is 36.1 Å². The van der Waals surface area contributed by atoms with Crippen molar-refractivity contribution in [1.82, 2.24) is 35.3 Å². The number of thioether (sulfide) groups is 1. The van der Waals surface area contributed by atoms with Crippen LogP contribution in [-0.2, 0) is 20.9 Å². The number of β-amino-alcohol motifs (C(OH)–C–C–N with tert-alkyl or cyclic N) is 1. The highest BCUT2D eigenvalue weighted by Gasteiger charge is 2.54. The van der Waals surface area contributed by atoms with Crippen LogP contribution in [0.1, 0.15) is 74.7 Å². The highest BCUT2D eigenvalue weighted by atomic mass is 35.5. The summed E-state index contributed by atoms with van der Waals surface area (Å²) in [6.07, 6.45) is 5.01. The minimum atomic E-state index is -1.99. The van der Waals surface area contributed by atoms with E-state index in [1.54, 1.807) is 68.4 Å². The fraction of sp³-hybridized carbons (Fsp3) is 0.565. The number of nitrogens with one attached hydrogen (secondary N) is 4. The molecular formula is C46H60Cl2FN9O6S. The third-order valence-electron chi connectivity index (χ3n) is 13.1. The van der Waals surface area contributed by atoms with E-state index in [1.165, 1.54) is 11.1 Å². The summed E-state index contributed by atoms with van der Waals surface area (Å²) in [5, 5.41) is 23.3. The molecule has 3 aromatic rings. The second-order valence-corrected chi connectivity index (χ2v) is 20.7. The molecule has 0 bridgehead atoms. The van der Waals surface area contributed by atoms with Crippen LogP contribution in [0.15, 0.2) is 48.7 Å². The normalized spacial score (nSPS) is 22.5. The average molecular weight is 957 g/mol. The van der Waals surface area contributed by atoms with E-state index >= 15 is 4.39 Å². The first kappa shape index (κ1) is 48.5. The van der Waals surface area contributed by atoms with Crippen LogP contribution in [0, 0.1) is 11.8 Å². The van der Waals surface area contributed by atoms with Gasteiger partial charge < -0.3 is 40.9 Å². The number of likely N-dealkylation sites (tertiary alicyclic amines) is 1. The summed E-state index contributed by atoms with van der Waals surface area (Å²) in [4.78, 5) is 68.9. The lowest BCUT2D eigenvalue weighted by Crippen LogP contribution is -2.61. The van der Waals surface area contributed by atoms with Gasteiger partial charge in [0.1, 0.15) is 28.7 Å². The summed E-state index contributed by atoms with van der Waals surface area (Å²) in [6.45, 7) is 7.70. The number of ether oxygens (including phenoxy) is 1. The Morgan fingerprint density at radius 3 is 2.37 bits per heavy atom. The molecule has 352 valence electrons. The fourth-order valence-corrected chi connectivity index (χ4v) is 10.5. The summed E-state index contributed by atoms with van der Waals surface area (Å²) >= 11 is 13.7. The van der Waals surface area contributed by atoms with Gasteiger partial charge in [0.05, 0.1) is 25.1 Å². The zero-order valence-electron chi connectivity index (χ0n) is 37.4. The minimum Gasteiger partial charge on any atom is -0.495 e. The number of alkyl halides is 1. The fourth-order valence-electron chi connectivity index (χ4n) is 8.84. The maximum absolute atomic E-state index is 15.1. The van der Waals surface area contributed by atoms with Crippen molar-refractivity contribution in [3.8, 4) is 5.75 Å². The van der Waals surface area contributed by atoms with Gasteiger partial charge in [-0.25, -0.2) is 9.37 Å². The lowest BCUT2D eigenvalue weighted by Gasteiger charge is -2.40. The third-order valence-corrected chi connectivity index (χ3v) is 15.2. The first-order valence-corrected chi connectivity index (χ1v) is 24.1. The van der Waals surface area contributed by atoms with Crippen LogP contribution in [0.2, 0.25) is 10.0 Å². The smallest absolute Gasteiger partial charge is 0.258 e. The molecular weight excluding hydrogens is 897 g/mol. The predicted molar refractivity (Wildman–Crippen MR) is 252 cm³/mol. The zero-order valence-corrected chi connectivity index (χ0v) is 39.7. The van der Waals surface area contributed by atoms with Crippen molar-refractivity contribution in [3.05, 3.63) is 69.8 Å². The van der Waals surface area contributed by atoms with Gasteiger partial charge in [0.25, 0.3) is 11.8 Å². The topological polar surface area (TPSA) is 181 Å². The van der Waals surface area contributed by atoms with Gasteiger partial charge in [0.2, 0.25) is 17.8 Å². The number of piperazine rings is 1. The molecule has 65 heavy (non-hydrogen) atoms. The lowest BCUT2D eigenvalue weighted by molar-refractivity contribution is -0.143. The molecule has 2 aliphatic carbocycles. The second-order valence-electron chi connectivity index (χ2n) is 18.2. The number of amides is 4. The molecule has 0 radical (unpaired) electrons. The molecule has 15 nitrogen and oxygen atoms in total. The van der Waals surface area contributed by atoms with Crippen molar-refractivity contribution in [2.45, 2.75) is 93.9 Å². The molecule has 0 spiro atoms. The van der Waals surface area contributed by atoms with Crippen molar-refractivity contribution >= 4 is 76.0 Å². The largest absolute Gasteiger partial charge is 0.495 e.